The Morgan fingerprint density at radius 2 is 2.40 bits per heavy atom. The predicted octanol–water partition coefficient (Wildman–Crippen LogP) is 0.761. The van der Waals surface area contributed by atoms with Crippen molar-refractivity contribution in [3.63, 3.8) is 0 Å². The van der Waals surface area contributed by atoms with Gasteiger partial charge in [0.05, 0.1) is 12.5 Å². The Labute approximate surface area is 59.6 Å². The lowest BCUT2D eigenvalue weighted by atomic mass is 9.97. The van der Waals surface area contributed by atoms with Crippen molar-refractivity contribution in [2.24, 2.45) is 0 Å². The average Bonchev–Trinajstić information content (AvgIpc) is 2.31. The van der Waals surface area contributed by atoms with Crippen molar-refractivity contribution < 1.29 is 4.79 Å². The van der Waals surface area contributed by atoms with Crippen LogP contribution in [0, 0.1) is 0 Å². The van der Waals surface area contributed by atoms with Gasteiger partial charge in [-0.05, 0) is 12.0 Å². The molecule has 0 bridgehead atoms. The van der Waals surface area contributed by atoms with Crippen molar-refractivity contribution in [1.82, 2.24) is 5.32 Å². The third kappa shape index (κ3) is 0.764. The van der Waals surface area contributed by atoms with E-state index < -0.39 is 0 Å². The van der Waals surface area contributed by atoms with E-state index in [1.54, 1.807) is 0 Å². The van der Waals surface area contributed by atoms with Gasteiger partial charge in [0.1, 0.15) is 0 Å². The van der Waals surface area contributed by atoms with Crippen molar-refractivity contribution in [2.45, 2.75) is 18.9 Å². The van der Waals surface area contributed by atoms with Crippen LogP contribution in [0.3, 0.4) is 0 Å². The van der Waals surface area contributed by atoms with Gasteiger partial charge in [0.2, 0.25) is 5.91 Å². The van der Waals surface area contributed by atoms with Gasteiger partial charge in [0, 0.05) is 0 Å². The standard InChI is InChI=1S/C8H9NO/c10-8-5-7(9-8)6-3-1-2-4-6/h1-3,7H,4-5H2,(H,9,10). The molecule has 0 aromatic heterocycles. The molecule has 1 unspecified atom stereocenters. The van der Waals surface area contributed by atoms with E-state index in [1.165, 1.54) is 5.57 Å². The minimum atomic E-state index is 0.179. The van der Waals surface area contributed by atoms with Crippen LogP contribution in [0.5, 0.6) is 0 Å². The predicted molar refractivity (Wildman–Crippen MR) is 38.4 cm³/mol. The molecule has 1 fully saturated rings. The van der Waals surface area contributed by atoms with Crippen LogP contribution in [0.1, 0.15) is 12.8 Å². The molecule has 10 heavy (non-hydrogen) atoms. The summed E-state index contributed by atoms with van der Waals surface area (Å²) in [5.74, 6) is 0.179. The Bertz CT molecular complexity index is 219. The van der Waals surface area contributed by atoms with Crippen LogP contribution >= 0.6 is 0 Å². The molecule has 1 N–H and O–H groups in total. The lowest BCUT2D eigenvalue weighted by molar-refractivity contribution is -0.127. The highest BCUT2D eigenvalue weighted by Crippen LogP contribution is 2.21. The molecule has 52 valence electrons. The molecule has 1 heterocycles. The molecule has 0 spiro atoms. The smallest absolute Gasteiger partial charge is 0.222 e. The molecular formula is C8H9NO. The highest BCUT2D eigenvalue weighted by atomic mass is 16.2. The minimum Gasteiger partial charge on any atom is -0.349 e. The number of carbonyl (C=O) groups is 1. The molecule has 1 aliphatic carbocycles. The SMILES string of the molecule is O=C1CC(C2=CC=CC2)N1. The van der Waals surface area contributed by atoms with E-state index in [-0.39, 0.29) is 5.91 Å². The van der Waals surface area contributed by atoms with Gasteiger partial charge in [-0.25, -0.2) is 0 Å². The third-order valence-corrected chi connectivity index (χ3v) is 1.97. The summed E-state index contributed by atoms with van der Waals surface area (Å²) < 4.78 is 0. The summed E-state index contributed by atoms with van der Waals surface area (Å²) >= 11 is 0. The third-order valence-electron chi connectivity index (χ3n) is 1.97. The largest absolute Gasteiger partial charge is 0.349 e. The van der Waals surface area contributed by atoms with Crippen LogP contribution in [0.4, 0.5) is 0 Å². The van der Waals surface area contributed by atoms with Crippen LogP contribution in [0.15, 0.2) is 23.8 Å². The highest BCUT2D eigenvalue weighted by Gasteiger charge is 2.28. The maximum atomic E-state index is 10.5. The fourth-order valence-corrected chi connectivity index (χ4v) is 1.30. The Balaban J connectivity index is 1.97. The number of amides is 1. The zero-order chi connectivity index (χ0) is 6.97. The molecule has 0 radical (unpaired) electrons. The fraction of sp³-hybridized carbons (Fsp3) is 0.375. The van der Waals surface area contributed by atoms with Gasteiger partial charge in [-0.3, -0.25) is 4.79 Å². The average molecular weight is 135 g/mol. The molecule has 0 aromatic rings. The van der Waals surface area contributed by atoms with E-state index in [9.17, 15) is 4.79 Å². The molecule has 0 saturated carbocycles. The molecule has 0 aromatic carbocycles. The number of β-lactam (4-membered cyclic amide) rings is 1. The van der Waals surface area contributed by atoms with Crippen LogP contribution in [0.25, 0.3) is 0 Å². The van der Waals surface area contributed by atoms with Crippen LogP contribution in [-0.2, 0) is 4.79 Å². The van der Waals surface area contributed by atoms with Crippen molar-refractivity contribution in [2.75, 3.05) is 0 Å². The lowest BCUT2D eigenvalue weighted by Gasteiger charge is -2.27. The Morgan fingerprint density at radius 3 is 2.90 bits per heavy atom. The number of allylic oxidation sites excluding steroid dienone is 3. The van der Waals surface area contributed by atoms with Gasteiger partial charge >= 0.3 is 0 Å². The maximum absolute atomic E-state index is 10.5. The summed E-state index contributed by atoms with van der Waals surface area (Å²) in [6, 6.07) is 0.350. The van der Waals surface area contributed by atoms with E-state index in [4.69, 9.17) is 0 Å². The highest BCUT2D eigenvalue weighted by molar-refractivity contribution is 5.84. The van der Waals surface area contributed by atoms with Crippen molar-refractivity contribution >= 4 is 5.91 Å². The first-order valence-electron chi connectivity index (χ1n) is 3.51. The number of nitrogens with one attached hydrogen (secondary N) is 1. The summed E-state index contributed by atoms with van der Waals surface area (Å²) in [4.78, 5) is 10.5. The zero-order valence-electron chi connectivity index (χ0n) is 5.63. The normalized spacial score (nSPS) is 29.4. The van der Waals surface area contributed by atoms with Crippen molar-refractivity contribution in [3.8, 4) is 0 Å². The maximum Gasteiger partial charge on any atom is 0.222 e. The van der Waals surface area contributed by atoms with Gasteiger partial charge in [0.15, 0.2) is 0 Å². The van der Waals surface area contributed by atoms with Crippen molar-refractivity contribution in [3.05, 3.63) is 23.8 Å². The Kier molecular flexibility index (Phi) is 1.13. The molecule has 2 heteroatoms. The number of hydrogen-bond donors (Lipinski definition) is 1. The fourth-order valence-electron chi connectivity index (χ4n) is 1.30. The van der Waals surface area contributed by atoms with Crippen molar-refractivity contribution in [1.29, 1.82) is 0 Å². The summed E-state index contributed by atoms with van der Waals surface area (Å²) in [6.45, 7) is 0. The van der Waals surface area contributed by atoms with Gasteiger partial charge in [-0.2, -0.15) is 0 Å². The number of carbonyl (C=O) groups excluding carboxylic acids is 1. The van der Waals surface area contributed by atoms with Crippen LogP contribution in [-0.4, -0.2) is 11.9 Å². The number of rotatable bonds is 1. The Morgan fingerprint density at radius 1 is 1.60 bits per heavy atom. The minimum absolute atomic E-state index is 0.179. The van der Waals surface area contributed by atoms with Gasteiger partial charge < -0.3 is 5.32 Å². The topological polar surface area (TPSA) is 29.1 Å². The van der Waals surface area contributed by atoms with Crippen LogP contribution in [0.2, 0.25) is 0 Å². The van der Waals surface area contributed by atoms with E-state index in [1.807, 2.05) is 6.08 Å². The van der Waals surface area contributed by atoms with E-state index in [0.29, 0.717) is 12.5 Å². The molecule has 1 saturated heterocycles. The first-order valence-corrected chi connectivity index (χ1v) is 3.51. The van der Waals surface area contributed by atoms with Crippen LogP contribution < -0.4 is 5.32 Å². The quantitative estimate of drug-likeness (QED) is 0.528. The Hall–Kier alpha value is -1.05. The second kappa shape index (κ2) is 1.97. The first-order chi connectivity index (χ1) is 4.86. The zero-order valence-corrected chi connectivity index (χ0v) is 5.63. The molecule has 2 rings (SSSR count). The van der Waals surface area contributed by atoms with E-state index in [2.05, 4.69) is 17.5 Å². The van der Waals surface area contributed by atoms with E-state index in [0.717, 1.165) is 6.42 Å². The van der Waals surface area contributed by atoms with E-state index >= 15 is 0 Å². The molecule has 2 aliphatic rings. The lowest BCUT2D eigenvalue weighted by Crippen LogP contribution is -2.49. The summed E-state index contributed by atoms with van der Waals surface area (Å²) in [5.41, 5.74) is 1.35. The summed E-state index contributed by atoms with van der Waals surface area (Å²) in [6.07, 6.45) is 7.95. The summed E-state index contributed by atoms with van der Waals surface area (Å²) in [5, 5.41) is 2.84. The molecule has 1 atom stereocenters. The van der Waals surface area contributed by atoms with Gasteiger partial charge in [-0.15, -0.1) is 0 Å². The molecular weight excluding hydrogens is 126 g/mol. The van der Waals surface area contributed by atoms with Gasteiger partial charge in [-0.1, -0.05) is 18.2 Å². The molecule has 2 nitrogen and oxygen atoms in total. The second-order valence-corrected chi connectivity index (χ2v) is 2.70. The van der Waals surface area contributed by atoms with Gasteiger partial charge in [0.25, 0.3) is 0 Å². The monoisotopic (exact) mass is 135 g/mol. The summed E-state index contributed by atoms with van der Waals surface area (Å²) in [7, 11) is 0. The molecule has 1 amide bonds. The molecule has 1 aliphatic heterocycles. The first kappa shape index (κ1) is 5.71. The number of hydrogen-bond acceptors (Lipinski definition) is 1. The second-order valence-electron chi connectivity index (χ2n) is 2.70.